The standard InChI is InChI=1S/C17H31N7O5S/c1-9(16(28)29)22-13(25)11(8-30)23-14(26)12-5-3-7-24(12)15(27)10(18)4-2-6-21-17(19)20/h9-12,30H,2-8,18H2,1H3,(H,22,25)(H,23,26)(H,28,29)(H4,19,20,21). The van der Waals surface area contributed by atoms with Crippen molar-refractivity contribution < 1.29 is 24.3 Å². The Kier molecular flexibility index (Phi) is 10.4. The number of hydrogen-bond donors (Lipinski definition) is 7. The summed E-state index contributed by atoms with van der Waals surface area (Å²) in [5.41, 5.74) is 16.5. The van der Waals surface area contributed by atoms with Gasteiger partial charge in [0.15, 0.2) is 5.96 Å². The van der Waals surface area contributed by atoms with E-state index in [1.807, 2.05) is 0 Å². The van der Waals surface area contributed by atoms with E-state index in [0.29, 0.717) is 38.8 Å². The molecular formula is C17H31N7O5S. The van der Waals surface area contributed by atoms with Crippen LogP contribution in [0.1, 0.15) is 32.6 Å². The zero-order valence-corrected chi connectivity index (χ0v) is 17.8. The maximum absolute atomic E-state index is 12.7. The Morgan fingerprint density at radius 3 is 2.50 bits per heavy atom. The highest BCUT2D eigenvalue weighted by Gasteiger charge is 2.37. The van der Waals surface area contributed by atoms with E-state index in [1.54, 1.807) is 0 Å². The van der Waals surface area contributed by atoms with Crippen molar-refractivity contribution in [3.63, 3.8) is 0 Å². The predicted molar refractivity (Wildman–Crippen MR) is 114 cm³/mol. The van der Waals surface area contributed by atoms with Gasteiger partial charge in [-0.1, -0.05) is 0 Å². The lowest BCUT2D eigenvalue weighted by Crippen LogP contribution is -2.56. The second-order valence-corrected chi connectivity index (χ2v) is 7.42. The van der Waals surface area contributed by atoms with E-state index in [4.69, 9.17) is 22.3 Å². The number of aliphatic carboxylic acids is 1. The Hall–Kier alpha value is -2.54. The highest BCUT2D eigenvalue weighted by Crippen LogP contribution is 2.19. The molecule has 1 aliphatic heterocycles. The number of likely N-dealkylation sites (tertiary alicyclic amines) is 1. The fraction of sp³-hybridized carbons (Fsp3) is 0.706. The van der Waals surface area contributed by atoms with Gasteiger partial charge in [0.05, 0.1) is 6.04 Å². The predicted octanol–water partition coefficient (Wildman–Crippen LogP) is -2.64. The number of amides is 3. The maximum atomic E-state index is 12.7. The van der Waals surface area contributed by atoms with Crippen molar-refractivity contribution in [1.29, 1.82) is 0 Å². The first-order valence-corrected chi connectivity index (χ1v) is 10.3. The summed E-state index contributed by atoms with van der Waals surface area (Å²) in [6.45, 7) is 2.04. The van der Waals surface area contributed by atoms with E-state index in [9.17, 15) is 19.2 Å². The van der Waals surface area contributed by atoms with E-state index in [-0.39, 0.29) is 17.6 Å². The Morgan fingerprint density at radius 1 is 1.27 bits per heavy atom. The molecule has 0 saturated carbocycles. The van der Waals surface area contributed by atoms with Gasteiger partial charge in [-0.3, -0.25) is 24.2 Å². The van der Waals surface area contributed by atoms with Crippen molar-refractivity contribution in [2.75, 3.05) is 18.8 Å². The van der Waals surface area contributed by atoms with Crippen LogP contribution in [0.25, 0.3) is 0 Å². The van der Waals surface area contributed by atoms with Crippen LogP contribution in [0.2, 0.25) is 0 Å². The number of hydrogen-bond acceptors (Lipinski definition) is 7. The van der Waals surface area contributed by atoms with Crippen LogP contribution in [0.4, 0.5) is 0 Å². The summed E-state index contributed by atoms with van der Waals surface area (Å²) in [5.74, 6) is -2.80. The molecule has 0 bridgehead atoms. The van der Waals surface area contributed by atoms with Crippen LogP contribution >= 0.6 is 12.6 Å². The molecule has 30 heavy (non-hydrogen) atoms. The lowest BCUT2D eigenvalue weighted by atomic mass is 10.1. The molecule has 9 N–H and O–H groups in total. The minimum atomic E-state index is -1.20. The molecule has 0 radical (unpaired) electrons. The average Bonchev–Trinajstić information content (AvgIpc) is 3.17. The number of nitrogens with two attached hydrogens (primary N) is 3. The Bertz CT molecular complexity index is 671. The minimum Gasteiger partial charge on any atom is -0.480 e. The Morgan fingerprint density at radius 2 is 1.93 bits per heavy atom. The summed E-state index contributed by atoms with van der Waals surface area (Å²) in [7, 11) is 0. The van der Waals surface area contributed by atoms with Crippen molar-refractivity contribution in [2.45, 2.75) is 56.8 Å². The molecule has 1 saturated heterocycles. The number of carbonyl (C=O) groups is 4. The fourth-order valence-electron chi connectivity index (χ4n) is 3.00. The minimum absolute atomic E-state index is 0.0329. The highest BCUT2D eigenvalue weighted by atomic mass is 32.1. The summed E-state index contributed by atoms with van der Waals surface area (Å²) in [4.78, 5) is 53.7. The summed E-state index contributed by atoms with van der Waals surface area (Å²) >= 11 is 4.05. The van der Waals surface area contributed by atoms with Gasteiger partial charge in [-0.05, 0) is 32.6 Å². The third kappa shape index (κ3) is 7.71. The third-order valence-corrected chi connectivity index (χ3v) is 5.03. The molecule has 12 nitrogen and oxygen atoms in total. The molecule has 1 heterocycles. The quantitative estimate of drug-likeness (QED) is 0.0772. The number of thiol groups is 1. The van der Waals surface area contributed by atoms with Crippen LogP contribution in [-0.4, -0.2) is 82.7 Å². The van der Waals surface area contributed by atoms with Gasteiger partial charge in [0, 0.05) is 18.8 Å². The largest absolute Gasteiger partial charge is 0.480 e. The topological polar surface area (TPSA) is 206 Å². The third-order valence-electron chi connectivity index (χ3n) is 4.67. The number of nitrogens with one attached hydrogen (secondary N) is 2. The van der Waals surface area contributed by atoms with Crippen molar-refractivity contribution in [3.8, 4) is 0 Å². The SMILES string of the molecule is CC(NC(=O)C(CS)NC(=O)C1CCCN1C(=O)C(N)CCCN=C(N)N)C(=O)O. The first-order chi connectivity index (χ1) is 14.1. The summed E-state index contributed by atoms with van der Waals surface area (Å²) in [6.07, 6.45) is 1.93. The molecule has 1 rings (SSSR count). The van der Waals surface area contributed by atoms with Crippen LogP contribution in [0.3, 0.4) is 0 Å². The van der Waals surface area contributed by atoms with Gasteiger partial charge < -0.3 is 37.8 Å². The molecule has 0 aromatic heterocycles. The van der Waals surface area contributed by atoms with Crippen LogP contribution < -0.4 is 27.8 Å². The molecular weight excluding hydrogens is 414 g/mol. The monoisotopic (exact) mass is 445 g/mol. The molecule has 3 amide bonds. The van der Waals surface area contributed by atoms with E-state index < -0.39 is 42.0 Å². The molecule has 1 fully saturated rings. The molecule has 1 aliphatic rings. The van der Waals surface area contributed by atoms with Gasteiger partial charge in [0.25, 0.3) is 0 Å². The van der Waals surface area contributed by atoms with Crippen molar-refractivity contribution >= 4 is 42.3 Å². The van der Waals surface area contributed by atoms with Gasteiger partial charge in [0.2, 0.25) is 17.7 Å². The molecule has 0 aliphatic carbocycles. The number of carboxylic acid groups (broad SMARTS) is 1. The van der Waals surface area contributed by atoms with Crippen LogP contribution in [0.15, 0.2) is 4.99 Å². The summed E-state index contributed by atoms with van der Waals surface area (Å²) in [5, 5.41) is 13.7. The van der Waals surface area contributed by atoms with Crippen LogP contribution in [-0.2, 0) is 19.2 Å². The normalized spacial score (nSPS) is 18.8. The highest BCUT2D eigenvalue weighted by molar-refractivity contribution is 7.80. The Balaban J connectivity index is 2.67. The van der Waals surface area contributed by atoms with Gasteiger partial charge in [0.1, 0.15) is 18.1 Å². The van der Waals surface area contributed by atoms with Crippen LogP contribution in [0, 0.1) is 0 Å². The van der Waals surface area contributed by atoms with Crippen molar-refractivity contribution in [2.24, 2.45) is 22.2 Å². The molecule has 4 unspecified atom stereocenters. The smallest absolute Gasteiger partial charge is 0.325 e. The summed E-state index contributed by atoms with van der Waals surface area (Å²) in [6, 6.07) is -3.70. The molecule has 13 heteroatoms. The van der Waals surface area contributed by atoms with Crippen LogP contribution in [0.5, 0.6) is 0 Å². The van der Waals surface area contributed by atoms with Crippen molar-refractivity contribution in [3.05, 3.63) is 0 Å². The summed E-state index contributed by atoms with van der Waals surface area (Å²) < 4.78 is 0. The number of carbonyl (C=O) groups excluding carboxylic acids is 3. The van der Waals surface area contributed by atoms with Gasteiger partial charge in [-0.2, -0.15) is 12.6 Å². The average molecular weight is 446 g/mol. The maximum Gasteiger partial charge on any atom is 0.325 e. The number of guanidine groups is 1. The number of rotatable bonds is 11. The molecule has 170 valence electrons. The zero-order chi connectivity index (χ0) is 22.8. The molecule has 0 aromatic carbocycles. The molecule has 4 atom stereocenters. The van der Waals surface area contributed by atoms with E-state index in [2.05, 4.69) is 28.3 Å². The van der Waals surface area contributed by atoms with Gasteiger partial charge in [-0.25, -0.2) is 0 Å². The first-order valence-electron chi connectivity index (χ1n) is 9.64. The fourth-order valence-corrected chi connectivity index (χ4v) is 3.25. The van der Waals surface area contributed by atoms with Crippen molar-refractivity contribution in [1.82, 2.24) is 15.5 Å². The van der Waals surface area contributed by atoms with E-state index >= 15 is 0 Å². The number of carboxylic acids is 1. The Labute approximate surface area is 180 Å². The second-order valence-electron chi connectivity index (χ2n) is 7.06. The van der Waals surface area contributed by atoms with E-state index in [1.165, 1.54) is 11.8 Å². The van der Waals surface area contributed by atoms with E-state index in [0.717, 1.165) is 0 Å². The lowest BCUT2D eigenvalue weighted by molar-refractivity contribution is -0.142. The lowest BCUT2D eigenvalue weighted by Gasteiger charge is -2.28. The first kappa shape index (κ1) is 25.5. The number of nitrogens with zero attached hydrogens (tertiary/aromatic N) is 2. The zero-order valence-electron chi connectivity index (χ0n) is 16.9. The van der Waals surface area contributed by atoms with Gasteiger partial charge in [-0.15, -0.1) is 0 Å². The molecule has 0 spiro atoms. The molecule has 0 aromatic rings. The number of aliphatic imine (C=N–C) groups is 1. The second kappa shape index (κ2) is 12.2. The van der Waals surface area contributed by atoms with Gasteiger partial charge >= 0.3 is 5.97 Å².